The van der Waals surface area contributed by atoms with Gasteiger partial charge in [-0.25, -0.2) is 0 Å². The van der Waals surface area contributed by atoms with Gasteiger partial charge < -0.3 is 4.74 Å². The van der Waals surface area contributed by atoms with Crippen molar-refractivity contribution in [1.82, 2.24) is 0 Å². The van der Waals surface area contributed by atoms with Crippen LogP contribution in [-0.4, -0.2) is 13.2 Å². The van der Waals surface area contributed by atoms with Crippen molar-refractivity contribution in [3.63, 3.8) is 0 Å². The van der Waals surface area contributed by atoms with Crippen LogP contribution in [-0.2, 0) is 4.74 Å². The Bertz CT molecular complexity index is 62.8. The molecule has 0 N–H and O–H groups in total. The molecule has 0 radical (unpaired) electrons. The lowest BCUT2D eigenvalue weighted by Crippen LogP contribution is -2.03. The molecule has 8 heavy (non-hydrogen) atoms. The third-order valence-corrected chi connectivity index (χ3v) is 1.11. The molecule has 0 aromatic carbocycles. The van der Waals surface area contributed by atoms with Crippen LogP contribution < -0.4 is 0 Å². The van der Waals surface area contributed by atoms with Crippen molar-refractivity contribution in [1.29, 1.82) is 0 Å². The van der Waals surface area contributed by atoms with E-state index in [1.807, 2.05) is 13.0 Å². The van der Waals surface area contributed by atoms with Crippen molar-refractivity contribution >= 4 is 0 Å². The molecule has 0 heterocycles. The van der Waals surface area contributed by atoms with Crippen LogP contribution in [0.1, 0.15) is 20.3 Å². The summed E-state index contributed by atoms with van der Waals surface area (Å²) in [7, 11) is 1.73. The van der Waals surface area contributed by atoms with E-state index in [0.717, 1.165) is 6.42 Å². The van der Waals surface area contributed by atoms with Gasteiger partial charge in [0.1, 0.15) is 0 Å². The largest absolute Gasteiger partial charge is 0.377 e. The Labute approximate surface area is 51.4 Å². The van der Waals surface area contributed by atoms with Crippen LogP contribution in [0.2, 0.25) is 0 Å². The fraction of sp³-hybridized carbons (Fsp3) is 0.714. The second kappa shape index (κ2) is 4.85. The normalized spacial score (nSPS) is 14.9. The predicted octanol–water partition coefficient (Wildman–Crippen LogP) is 1.99. The van der Waals surface area contributed by atoms with E-state index >= 15 is 0 Å². The van der Waals surface area contributed by atoms with Crippen LogP contribution in [0.15, 0.2) is 12.2 Å². The molecule has 0 aromatic rings. The van der Waals surface area contributed by atoms with Crippen molar-refractivity contribution in [3.8, 4) is 0 Å². The van der Waals surface area contributed by atoms with Crippen LogP contribution in [0.4, 0.5) is 0 Å². The summed E-state index contributed by atoms with van der Waals surface area (Å²) < 4.78 is 5.05. The quantitative estimate of drug-likeness (QED) is 0.510. The van der Waals surface area contributed by atoms with Crippen molar-refractivity contribution in [2.24, 2.45) is 0 Å². The molecule has 0 spiro atoms. The average molecular weight is 114 g/mol. The molecule has 0 saturated heterocycles. The molecule has 1 heteroatoms. The molecule has 0 rings (SSSR count). The molecule has 0 bridgehead atoms. The van der Waals surface area contributed by atoms with Crippen LogP contribution in [0.25, 0.3) is 0 Å². The number of allylic oxidation sites excluding steroid dienone is 1. The maximum atomic E-state index is 5.05. The average Bonchev–Trinajstić information content (AvgIpc) is 1.83. The van der Waals surface area contributed by atoms with Gasteiger partial charge >= 0.3 is 0 Å². The van der Waals surface area contributed by atoms with E-state index in [-0.39, 0.29) is 0 Å². The van der Waals surface area contributed by atoms with E-state index in [1.54, 1.807) is 7.11 Å². The van der Waals surface area contributed by atoms with Gasteiger partial charge in [-0.1, -0.05) is 19.1 Å². The van der Waals surface area contributed by atoms with Crippen molar-refractivity contribution in [2.75, 3.05) is 7.11 Å². The van der Waals surface area contributed by atoms with E-state index in [1.165, 1.54) is 0 Å². The SMILES string of the molecule is C/C=C/[C@@H](CC)OC. The second-order valence-electron chi connectivity index (χ2n) is 1.71. The number of hydrogen-bond acceptors (Lipinski definition) is 1. The second-order valence-corrected chi connectivity index (χ2v) is 1.71. The monoisotopic (exact) mass is 114 g/mol. The Morgan fingerprint density at radius 3 is 2.38 bits per heavy atom. The lowest BCUT2D eigenvalue weighted by Gasteiger charge is -2.04. The van der Waals surface area contributed by atoms with Crippen molar-refractivity contribution in [2.45, 2.75) is 26.4 Å². The van der Waals surface area contributed by atoms with Gasteiger partial charge in [0.15, 0.2) is 0 Å². The summed E-state index contributed by atoms with van der Waals surface area (Å²) in [6.07, 6.45) is 5.44. The molecule has 0 aliphatic rings. The summed E-state index contributed by atoms with van der Waals surface area (Å²) >= 11 is 0. The predicted molar refractivity (Wildman–Crippen MR) is 35.9 cm³/mol. The molecule has 0 aliphatic heterocycles. The van der Waals surface area contributed by atoms with Gasteiger partial charge in [0.05, 0.1) is 6.10 Å². The highest BCUT2D eigenvalue weighted by atomic mass is 16.5. The summed E-state index contributed by atoms with van der Waals surface area (Å²) in [6.45, 7) is 4.11. The van der Waals surface area contributed by atoms with Gasteiger partial charge in [-0.05, 0) is 13.3 Å². The van der Waals surface area contributed by atoms with Crippen LogP contribution in [0.3, 0.4) is 0 Å². The number of rotatable bonds is 3. The third-order valence-electron chi connectivity index (χ3n) is 1.11. The first-order valence-electron chi connectivity index (χ1n) is 3.00. The summed E-state index contributed by atoms with van der Waals surface area (Å²) in [5, 5.41) is 0. The zero-order chi connectivity index (χ0) is 6.41. The Kier molecular flexibility index (Phi) is 4.67. The van der Waals surface area contributed by atoms with Crippen LogP contribution in [0.5, 0.6) is 0 Å². The molecule has 1 nitrogen and oxygen atoms in total. The number of methoxy groups -OCH3 is 1. The minimum absolute atomic E-state index is 0.319. The first-order chi connectivity index (χ1) is 3.85. The van der Waals surface area contributed by atoms with Crippen LogP contribution >= 0.6 is 0 Å². The molecule has 0 aliphatic carbocycles. The minimum Gasteiger partial charge on any atom is -0.377 e. The fourth-order valence-electron chi connectivity index (χ4n) is 0.596. The molecule has 0 unspecified atom stereocenters. The highest BCUT2D eigenvalue weighted by molar-refractivity contribution is 4.85. The van der Waals surface area contributed by atoms with E-state index < -0.39 is 0 Å². The smallest absolute Gasteiger partial charge is 0.0749 e. The summed E-state index contributed by atoms with van der Waals surface area (Å²) in [4.78, 5) is 0. The van der Waals surface area contributed by atoms with Gasteiger partial charge in [-0.15, -0.1) is 0 Å². The molecular formula is C7H14O. The zero-order valence-electron chi connectivity index (χ0n) is 5.85. The van der Waals surface area contributed by atoms with Crippen molar-refractivity contribution in [3.05, 3.63) is 12.2 Å². The van der Waals surface area contributed by atoms with Crippen LogP contribution in [0, 0.1) is 0 Å². The zero-order valence-corrected chi connectivity index (χ0v) is 5.85. The van der Waals surface area contributed by atoms with Gasteiger partial charge in [0.25, 0.3) is 0 Å². The Balaban J connectivity index is 3.36. The van der Waals surface area contributed by atoms with E-state index in [2.05, 4.69) is 13.0 Å². The maximum Gasteiger partial charge on any atom is 0.0749 e. The highest BCUT2D eigenvalue weighted by Crippen LogP contribution is 1.96. The third kappa shape index (κ3) is 2.80. The van der Waals surface area contributed by atoms with E-state index in [0.29, 0.717) is 6.10 Å². The highest BCUT2D eigenvalue weighted by Gasteiger charge is 1.93. The molecular weight excluding hydrogens is 100 g/mol. The van der Waals surface area contributed by atoms with Crippen molar-refractivity contribution < 1.29 is 4.74 Å². The molecule has 0 fully saturated rings. The Hall–Kier alpha value is -0.300. The van der Waals surface area contributed by atoms with E-state index in [9.17, 15) is 0 Å². The first-order valence-corrected chi connectivity index (χ1v) is 3.00. The van der Waals surface area contributed by atoms with Gasteiger partial charge in [0, 0.05) is 7.11 Å². The lowest BCUT2D eigenvalue weighted by molar-refractivity contribution is 0.138. The molecule has 0 amide bonds. The lowest BCUT2D eigenvalue weighted by atomic mass is 10.2. The molecule has 0 aromatic heterocycles. The van der Waals surface area contributed by atoms with Gasteiger partial charge in [-0.2, -0.15) is 0 Å². The summed E-state index contributed by atoms with van der Waals surface area (Å²) in [6, 6.07) is 0. The topological polar surface area (TPSA) is 9.23 Å². The standard InChI is InChI=1S/C7H14O/c1-4-6-7(5-2)8-3/h4,6-7H,5H2,1-3H3/b6-4+/t7-/m1/s1. The summed E-state index contributed by atoms with van der Waals surface area (Å²) in [5.41, 5.74) is 0. The summed E-state index contributed by atoms with van der Waals surface area (Å²) in [5.74, 6) is 0. The Morgan fingerprint density at radius 2 is 2.25 bits per heavy atom. The number of hydrogen-bond donors (Lipinski definition) is 0. The molecule has 1 atom stereocenters. The van der Waals surface area contributed by atoms with Gasteiger partial charge in [0.2, 0.25) is 0 Å². The molecule has 0 saturated carbocycles. The Morgan fingerprint density at radius 1 is 1.62 bits per heavy atom. The molecule has 48 valence electrons. The minimum atomic E-state index is 0.319. The van der Waals surface area contributed by atoms with E-state index in [4.69, 9.17) is 4.74 Å². The van der Waals surface area contributed by atoms with Gasteiger partial charge in [-0.3, -0.25) is 0 Å². The fourth-order valence-corrected chi connectivity index (χ4v) is 0.596. The number of ether oxygens (including phenoxy) is 1. The first kappa shape index (κ1) is 7.70. The maximum absolute atomic E-state index is 5.05.